The summed E-state index contributed by atoms with van der Waals surface area (Å²) in [4.78, 5) is 23.7. The van der Waals surface area contributed by atoms with Gasteiger partial charge in [-0.3, -0.25) is 10.1 Å². The van der Waals surface area contributed by atoms with E-state index in [0.717, 1.165) is 0 Å². The maximum absolute atomic E-state index is 12.5. The Labute approximate surface area is 158 Å². The first-order chi connectivity index (χ1) is 13.6. The van der Waals surface area contributed by atoms with Crippen LogP contribution in [0.1, 0.15) is 20.7 Å². The molecule has 0 fully saturated rings. The van der Waals surface area contributed by atoms with Crippen LogP contribution >= 0.6 is 0 Å². The Bertz CT molecular complexity index is 1150. The Morgan fingerprint density at radius 1 is 0.893 bits per heavy atom. The summed E-state index contributed by atoms with van der Waals surface area (Å²) in [7, 11) is 0. The first-order valence-electron chi connectivity index (χ1n) is 8.23. The average molecular weight is 375 g/mol. The first-order valence-corrected chi connectivity index (χ1v) is 8.23. The second kappa shape index (κ2) is 7.20. The van der Waals surface area contributed by atoms with Crippen LogP contribution in [0.5, 0.6) is 0 Å². The van der Waals surface area contributed by atoms with Gasteiger partial charge < -0.3 is 13.9 Å². The highest BCUT2D eigenvalue weighted by Gasteiger charge is 2.15. The van der Waals surface area contributed by atoms with Gasteiger partial charge in [-0.2, -0.15) is 0 Å². The average Bonchev–Trinajstić information content (AvgIpc) is 3.40. The van der Waals surface area contributed by atoms with Crippen LogP contribution in [0.2, 0.25) is 0 Å². The van der Waals surface area contributed by atoms with E-state index in [0.29, 0.717) is 22.5 Å². The van der Waals surface area contributed by atoms with E-state index in [9.17, 15) is 9.59 Å². The second-order valence-corrected chi connectivity index (χ2v) is 5.81. The minimum absolute atomic E-state index is 0.0605. The number of hydrogen-bond donors (Lipinski definition) is 2. The number of benzene rings is 2. The standard InChI is InChI=1S/C20H13N3O5/c24-17(21-20-23-22-18(28-20)16-8-3-9-27-16)14-6-1-4-12(10-14)13-5-2-7-15(11-13)19(25)26/h1-11H,(H,25,26)(H,21,23,24). The number of nitrogens with one attached hydrogen (secondary N) is 1. The quantitative estimate of drug-likeness (QED) is 0.542. The number of amides is 1. The van der Waals surface area contributed by atoms with Gasteiger partial charge in [0.2, 0.25) is 0 Å². The van der Waals surface area contributed by atoms with Crippen molar-refractivity contribution in [3.63, 3.8) is 0 Å². The van der Waals surface area contributed by atoms with Gasteiger partial charge in [-0.05, 0) is 47.5 Å². The predicted octanol–water partition coefficient (Wildman–Crippen LogP) is 3.95. The van der Waals surface area contributed by atoms with E-state index in [-0.39, 0.29) is 17.5 Å². The number of carbonyl (C=O) groups is 2. The minimum Gasteiger partial charge on any atom is -0.478 e. The Morgan fingerprint density at radius 3 is 2.29 bits per heavy atom. The zero-order chi connectivity index (χ0) is 19.5. The van der Waals surface area contributed by atoms with Crippen molar-refractivity contribution in [2.24, 2.45) is 0 Å². The number of carbonyl (C=O) groups excluding carboxylic acids is 1. The minimum atomic E-state index is -1.01. The Morgan fingerprint density at radius 2 is 1.61 bits per heavy atom. The lowest BCUT2D eigenvalue weighted by molar-refractivity contribution is 0.0696. The monoisotopic (exact) mass is 375 g/mol. The van der Waals surface area contributed by atoms with Crippen LogP contribution in [0.25, 0.3) is 22.8 Å². The van der Waals surface area contributed by atoms with Crippen molar-refractivity contribution in [1.29, 1.82) is 0 Å². The van der Waals surface area contributed by atoms with Crippen LogP contribution in [0.4, 0.5) is 6.01 Å². The molecule has 0 atom stereocenters. The predicted molar refractivity (Wildman–Crippen MR) is 98.8 cm³/mol. The molecule has 0 unspecified atom stereocenters. The summed E-state index contributed by atoms with van der Waals surface area (Å²) in [6.45, 7) is 0. The van der Waals surface area contributed by atoms with Gasteiger partial charge in [-0.15, -0.1) is 5.10 Å². The molecular weight excluding hydrogens is 362 g/mol. The van der Waals surface area contributed by atoms with Crippen LogP contribution in [-0.4, -0.2) is 27.2 Å². The van der Waals surface area contributed by atoms with Gasteiger partial charge in [0.05, 0.1) is 11.8 Å². The third kappa shape index (κ3) is 3.51. The highest BCUT2D eigenvalue weighted by molar-refractivity contribution is 6.04. The fraction of sp³-hybridized carbons (Fsp3) is 0. The largest absolute Gasteiger partial charge is 0.478 e. The number of nitrogens with zero attached hydrogens (tertiary/aromatic N) is 2. The lowest BCUT2D eigenvalue weighted by Crippen LogP contribution is -2.12. The fourth-order valence-corrected chi connectivity index (χ4v) is 2.61. The van der Waals surface area contributed by atoms with E-state index >= 15 is 0 Å². The third-order valence-corrected chi connectivity index (χ3v) is 3.95. The molecule has 0 saturated carbocycles. The molecule has 0 aliphatic heterocycles. The van der Waals surface area contributed by atoms with Crippen molar-refractivity contribution >= 4 is 17.9 Å². The number of carboxylic acids is 1. The zero-order valence-corrected chi connectivity index (χ0v) is 14.3. The number of carboxylic acid groups (broad SMARTS) is 1. The second-order valence-electron chi connectivity index (χ2n) is 5.81. The van der Waals surface area contributed by atoms with Gasteiger partial charge in [0.25, 0.3) is 11.8 Å². The third-order valence-electron chi connectivity index (χ3n) is 3.95. The molecule has 2 aromatic carbocycles. The van der Waals surface area contributed by atoms with Crippen molar-refractivity contribution in [2.45, 2.75) is 0 Å². The molecule has 0 spiro atoms. The summed E-state index contributed by atoms with van der Waals surface area (Å²) in [5.41, 5.74) is 1.92. The SMILES string of the molecule is O=C(O)c1cccc(-c2cccc(C(=O)Nc3nnc(-c4ccco4)o3)c2)c1. The molecule has 0 bridgehead atoms. The van der Waals surface area contributed by atoms with Crippen LogP contribution in [0.15, 0.2) is 75.8 Å². The zero-order valence-electron chi connectivity index (χ0n) is 14.3. The molecule has 4 aromatic rings. The Balaban J connectivity index is 1.55. The van der Waals surface area contributed by atoms with Gasteiger partial charge in [0, 0.05) is 5.56 Å². The summed E-state index contributed by atoms with van der Waals surface area (Å²) in [6, 6.07) is 16.5. The van der Waals surface area contributed by atoms with Crippen molar-refractivity contribution in [3.8, 4) is 22.8 Å². The molecule has 2 N–H and O–H groups in total. The van der Waals surface area contributed by atoms with Crippen LogP contribution in [-0.2, 0) is 0 Å². The van der Waals surface area contributed by atoms with Crippen molar-refractivity contribution in [2.75, 3.05) is 5.32 Å². The summed E-state index contributed by atoms with van der Waals surface area (Å²) in [5.74, 6) is -0.904. The van der Waals surface area contributed by atoms with Crippen LogP contribution in [0, 0.1) is 0 Å². The number of furan rings is 1. The van der Waals surface area contributed by atoms with E-state index < -0.39 is 11.9 Å². The van der Waals surface area contributed by atoms with E-state index in [1.54, 1.807) is 54.6 Å². The topological polar surface area (TPSA) is 118 Å². The highest BCUT2D eigenvalue weighted by Crippen LogP contribution is 2.23. The maximum Gasteiger partial charge on any atom is 0.335 e. The van der Waals surface area contributed by atoms with Gasteiger partial charge in [-0.25, -0.2) is 4.79 Å². The number of aromatic carboxylic acids is 1. The van der Waals surface area contributed by atoms with E-state index in [2.05, 4.69) is 15.5 Å². The van der Waals surface area contributed by atoms with Crippen molar-refractivity contribution in [1.82, 2.24) is 10.2 Å². The van der Waals surface area contributed by atoms with Crippen molar-refractivity contribution < 1.29 is 23.5 Å². The summed E-state index contributed by atoms with van der Waals surface area (Å²) < 4.78 is 10.5. The van der Waals surface area contributed by atoms with Gasteiger partial charge in [0.15, 0.2) is 5.76 Å². The smallest absolute Gasteiger partial charge is 0.335 e. The Hall–Kier alpha value is -4.20. The summed E-state index contributed by atoms with van der Waals surface area (Å²) in [6.07, 6.45) is 1.47. The molecule has 4 rings (SSSR count). The molecule has 0 radical (unpaired) electrons. The number of aromatic nitrogens is 2. The van der Waals surface area contributed by atoms with Gasteiger partial charge >= 0.3 is 12.0 Å². The first kappa shape index (κ1) is 17.2. The van der Waals surface area contributed by atoms with E-state index in [1.165, 1.54) is 12.3 Å². The number of anilines is 1. The lowest BCUT2D eigenvalue weighted by Gasteiger charge is -2.06. The Kier molecular flexibility index (Phi) is 4.43. The normalized spacial score (nSPS) is 10.6. The van der Waals surface area contributed by atoms with Crippen LogP contribution < -0.4 is 5.32 Å². The number of hydrogen-bond acceptors (Lipinski definition) is 6. The molecule has 8 heteroatoms. The molecule has 0 saturated heterocycles. The fourth-order valence-electron chi connectivity index (χ4n) is 2.61. The van der Waals surface area contributed by atoms with E-state index in [1.807, 2.05) is 0 Å². The molecular formula is C20H13N3O5. The molecule has 0 aliphatic rings. The summed E-state index contributed by atoms with van der Waals surface area (Å²) >= 11 is 0. The molecule has 8 nitrogen and oxygen atoms in total. The molecule has 138 valence electrons. The van der Waals surface area contributed by atoms with Crippen molar-refractivity contribution in [3.05, 3.63) is 78.1 Å². The van der Waals surface area contributed by atoms with E-state index in [4.69, 9.17) is 13.9 Å². The summed E-state index contributed by atoms with van der Waals surface area (Å²) in [5, 5.41) is 19.3. The number of rotatable bonds is 5. The molecule has 2 aromatic heterocycles. The molecule has 1 amide bonds. The highest BCUT2D eigenvalue weighted by atomic mass is 16.4. The maximum atomic E-state index is 12.5. The molecule has 2 heterocycles. The van der Waals surface area contributed by atoms with Gasteiger partial charge in [0.1, 0.15) is 0 Å². The van der Waals surface area contributed by atoms with Crippen LogP contribution in [0.3, 0.4) is 0 Å². The lowest BCUT2D eigenvalue weighted by atomic mass is 10.0. The molecule has 28 heavy (non-hydrogen) atoms. The molecule has 0 aliphatic carbocycles. The van der Waals surface area contributed by atoms with Gasteiger partial charge in [-0.1, -0.05) is 29.4 Å².